The first-order valence-electron chi connectivity index (χ1n) is 13.2. The van der Waals surface area contributed by atoms with E-state index in [1.165, 1.54) is 50.3 Å². The number of benzene rings is 1. The molecule has 0 atom stereocenters. The van der Waals surface area contributed by atoms with Crippen molar-refractivity contribution in [3.8, 4) is 17.3 Å². The Kier molecular flexibility index (Phi) is 7.99. The largest absolute Gasteiger partial charge is 0.493 e. The summed E-state index contributed by atoms with van der Waals surface area (Å²) in [6.45, 7) is 4.45. The van der Waals surface area contributed by atoms with Gasteiger partial charge in [-0.25, -0.2) is 0 Å². The fourth-order valence-electron chi connectivity index (χ4n) is 5.80. The van der Waals surface area contributed by atoms with Crippen molar-refractivity contribution in [3.63, 3.8) is 0 Å². The van der Waals surface area contributed by atoms with Crippen LogP contribution < -0.4 is 4.74 Å². The van der Waals surface area contributed by atoms with E-state index >= 15 is 0 Å². The summed E-state index contributed by atoms with van der Waals surface area (Å²) in [4.78, 5) is 15.9. The van der Waals surface area contributed by atoms with Gasteiger partial charge in [-0.15, -0.1) is 16.8 Å². The van der Waals surface area contributed by atoms with Crippen LogP contribution in [0.4, 0.5) is 0 Å². The lowest BCUT2D eigenvalue weighted by Crippen LogP contribution is -2.49. The molecular weight excluding hydrogens is 472 g/mol. The van der Waals surface area contributed by atoms with Crippen LogP contribution in [0.3, 0.4) is 0 Å². The molecule has 3 aromatic rings. The van der Waals surface area contributed by atoms with Crippen LogP contribution in [0.15, 0.2) is 46.5 Å². The normalized spacial score (nSPS) is 17.4. The maximum atomic E-state index is 13.6. The number of methoxy groups -OCH3 is 1. The molecule has 2 heterocycles. The highest BCUT2D eigenvalue weighted by atomic mass is 32.2. The molecule has 0 saturated heterocycles. The summed E-state index contributed by atoms with van der Waals surface area (Å²) in [5.41, 5.74) is 0.683. The zero-order valence-corrected chi connectivity index (χ0v) is 22.0. The summed E-state index contributed by atoms with van der Waals surface area (Å²) in [6.07, 6.45) is 13.9. The Morgan fingerprint density at radius 3 is 2.47 bits per heavy atom. The highest BCUT2D eigenvalue weighted by Gasteiger charge is 2.32. The average Bonchev–Trinajstić information content (AvgIpc) is 3.53. The number of thioether (sulfide) groups is 1. The van der Waals surface area contributed by atoms with Crippen LogP contribution in [0.1, 0.15) is 64.2 Å². The molecule has 1 aromatic carbocycles. The third kappa shape index (κ3) is 5.19. The quantitative estimate of drug-likeness (QED) is 0.244. The van der Waals surface area contributed by atoms with Crippen molar-refractivity contribution in [2.24, 2.45) is 0 Å². The van der Waals surface area contributed by atoms with Crippen molar-refractivity contribution in [1.82, 2.24) is 19.7 Å². The first kappa shape index (κ1) is 24.9. The van der Waals surface area contributed by atoms with E-state index in [2.05, 4.69) is 21.7 Å². The molecule has 2 fully saturated rings. The summed E-state index contributed by atoms with van der Waals surface area (Å²) < 4.78 is 13.6. The molecular formula is C28H36N4O3S. The second kappa shape index (κ2) is 11.5. The van der Waals surface area contributed by atoms with Gasteiger partial charge < -0.3 is 14.1 Å². The summed E-state index contributed by atoms with van der Waals surface area (Å²) in [7, 11) is 1.63. The monoisotopic (exact) mass is 508 g/mol. The third-order valence-corrected chi connectivity index (χ3v) is 8.48. The standard InChI is InChI=1S/C28H36N4O3S/c1-3-17-31-27(24-18-20-11-10-16-23(34-2)26(20)35-24)29-30-28(31)36-19-25(33)32(21-12-6-4-7-13-21)22-14-8-5-9-15-22/h3,10-11,16,18,21-22H,1,4-9,12-15,17,19H2,2H3. The number of allylic oxidation sites excluding steroid dienone is 1. The molecule has 192 valence electrons. The van der Waals surface area contributed by atoms with E-state index in [9.17, 15) is 4.79 Å². The zero-order chi connectivity index (χ0) is 24.9. The van der Waals surface area contributed by atoms with Crippen LogP contribution in [0.5, 0.6) is 5.75 Å². The Hall–Kier alpha value is -2.74. The fraction of sp³-hybridized carbons (Fsp3) is 0.536. The zero-order valence-electron chi connectivity index (χ0n) is 21.2. The first-order chi connectivity index (χ1) is 17.7. The number of rotatable bonds is 9. The van der Waals surface area contributed by atoms with Crippen molar-refractivity contribution >= 4 is 28.6 Å². The molecule has 0 unspecified atom stereocenters. The van der Waals surface area contributed by atoms with Gasteiger partial charge in [0.15, 0.2) is 22.2 Å². The number of amides is 1. The lowest BCUT2D eigenvalue weighted by atomic mass is 9.88. The van der Waals surface area contributed by atoms with E-state index in [1.54, 1.807) is 7.11 Å². The molecule has 0 spiro atoms. The number of ether oxygens (including phenoxy) is 1. The van der Waals surface area contributed by atoms with E-state index in [4.69, 9.17) is 9.15 Å². The Morgan fingerprint density at radius 1 is 1.14 bits per heavy atom. The van der Waals surface area contributed by atoms with Crippen LogP contribution in [0, 0.1) is 0 Å². The van der Waals surface area contributed by atoms with E-state index in [0.717, 1.165) is 31.1 Å². The molecule has 7 nitrogen and oxygen atoms in total. The van der Waals surface area contributed by atoms with Gasteiger partial charge in [0.25, 0.3) is 0 Å². The van der Waals surface area contributed by atoms with Gasteiger partial charge in [-0.2, -0.15) is 0 Å². The van der Waals surface area contributed by atoms with Gasteiger partial charge in [-0.05, 0) is 37.8 Å². The second-order valence-electron chi connectivity index (χ2n) is 9.87. The summed E-state index contributed by atoms with van der Waals surface area (Å²) in [5.74, 6) is 2.53. The smallest absolute Gasteiger partial charge is 0.233 e. The molecule has 2 aliphatic carbocycles. The maximum absolute atomic E-state index is 13.6. The number of hydrogen-bond donors (Lipinski definition) is 0. The minimum absolute atomic E-state index is 0.238. The highest BCUT2D eigenvalue weighted by Crippen LogP contribution is 2.35. The lowest BCUT2D eigenvalue weighted by molar-refractivity contribution is -0.135. The van der Waals surface area contributed by atoms with Crippen molar-refractivity contribution < 1.29 is 13.9 Å². The van der Waals surface area contributed by atoms with Crippen LogP contribution in [0.2, 0.25) is 0 Å². The molecule has 0 N–H and O–H groups in total. The Bertz CT molecular complexity index is 1170. The summed E-state index contributed by atoms with van der Waals surface area (Å²) in [5, 5.41) is 10.5. The molecule has 2 aromatic heterocycles. The van der Waals surface area contributed by atoms with Gasteiger partial charge in [-0.3, -0.25) is 9.36 Å². The number of carbonyl (C=O) groups excluding carboxylic acids is 1. The molecule has 2 saturated carbocycles. The minimum atomic E-state index is 0.238. The number of aromatic nitrogens is 3. The van der Waals surface area contributed by atoms with Crippen molar-refractivity contribution in [2.45, 2.75) is 88.0 Å². The predicted molar refractivity (Wildman–Crippen MR) is 143 cm³/mol. The van der Waals surface area contributed by atoms with Crippen LogP contribution in [-0.4, -0.2) is 50.5 Å². The maximum Gasteiger partial charge on any atom is 0.233 e. The topological polar surface area (TPSA) is 73.4 Å². The molecule has 1 amide bonds. The Balaban J connectivity index is 1.36. The number of nitrogens with zero attached hydrogens (tertiary/aromatic N) is 4. The number of para-hydroxylation sites is 1. The van der Waals surface area contributed by atoms with Crippen molar-refractivity contribution in [2.75, 3.05) is 12.9 Å². The van der Waals surface area contributed by atoms with Crippen LogP contribution in [-0.2, 0) is 11.3 Å². The van der Waals surface area contributed by atoms with E-state index in [1.807, 2.05) is 34.9 Å². The molecule has 5 rings (SSSR count). The van der Waals surface area contributed by atoms with E-state index in [-0.39, 0.29) is 5.91 Å². The third-order valence-electron chi connectivity index (χ3n) is 7.53. The van der Waals surface area contributed by atoms with E-state index in [0.29, 0.717) is 52.5 Å². The Morgan fingerprint density at radius 2 is 1.83 bits per heavy atom. The lowest BCUT2D eigenvalue weighted by Gasteiger charge is -2.41. The highest BCUT2D eigenvalue weighted by molar-refractivity contribution is 7.99. The van der Waals surface area contributed by atoms with Gasteiger partial charge in [0, 0.05) is 24.0 Å². The van der Waals surface area contributed by atoms with Gasteiger partial charge in [0.2, 0.25) is 11.7 Å². The average molecular weight is 509 g/mol. The molecule has 36 heavy (non-hydrogen) atoms. The van der Waals surface area contributed by atoms with Gasteiger partial charge in [0.1, 0.15) is 0 Å². The van der Waals surface area contributed by atoms with Crippen LogP contribution in [0.25, 0.3) is 22.6 Å². The minimum Gasteiger partial charge on any atom is -0.493 e. The predicted octanol–water partition coefficient (Wildman–Crippen LogP) is 6.47. The summed E-state index contributed by atoms with van der Waals surface area (Å²) >= 11 is 1.47. The molecule has 8 heteroatoms. The molecule has 0 radical (unpaired) electrons. The van der Waals surface area contributed by atoms with Crippen molar-refractivity contribution in [1.29, 1.82) is 0 Å². The van der Waals surface area contributed by atoms with Gasteiger partial charge >= 0.3 is 0 Å². The number of furan rings is 1. The van der Waals surface area contributed by atoms with Crippen LogP contribution >= 0.6 is 11.8 Å². The van der Waals surface area contributed by atoms with Crippen molar-refractivity contribution in [3.05, 3.63) is 36.9 Å². The molecule has 0 bridgehead atoms. The molecule has 2 aliphatic rings. The number of fused-ring (bicyclic) bond motifs is 1. The number of carbonyl (C=O) groups is 1. The van der Waals surface area contributed by atoms with Gasteiger partial charge in [-0.1, -0.05) is 68.5 Å². The van der Waals surface area contributed by atoms with E-state index < -0.39 is 0 Å². The number of hydrogen-bond acceptors (Lipinski definition) is 6. The SMILES string of the molecule is C=CCn1c(SCC(=O)N(C2CCCCC2)C2CCCCC2)nnc1-c1cc2cccc(OC)c2o1. The first-order valence-corrected chi connectivity index (χ1v) is 14.2. The molecule has 0 aliphatic heterocycles. The second-order valence-corrected chi connectivity index (χ2v) is 10.8. The summed E-state index contributed by atoms with van der Waals surface area (Å²) in [6, 6.07) is 8.53. The van der Waals surface area contributed by atoms with Gasteiger partial charge in [0.05, 0.1) is 12.9 Å². The Labute approximate surface area is 217 Å². The fourth-order valence-corrected chi connectivity index (χ4v) is 6.62.